The molecule has 0 radical (unpaired) electrons. The van der Waals surface area contributed by atoms with E-state index in [0.717, 1.165) is 25.9 Å². The molecule has 1 aliphatic rings. The third kappa shape index (κ3) is 3.74. The van der Waals surface area contributed by atoms with Gasteiger partial charge in [0.2, 0.25) is 10.0 Å². The fraction of sp³-hybridized carbons (Fsp3) is 1.00. The number of hydrogen-bond donors (Lipinski definition) is 1. The zero-order valence-corrected chi connectivity index (χ0v) is 10.5. The van der Waals surface area contributed by atoms with Crippen molar-refractivity contribution in [3.05, 3.63) is 0 Å². The van der Waals surface area contributed by atoms with Gasteiger partial charge in [0.1, 0.15) is 0 Å². The van der Waals surface area contributed by atoms with Crippen molar-refractivity contribution < 1.29 is 8.42 Å². The molecule has 0 aromatic heterocycles. The zero-order chi connectivity index (χ0) is 11.3. The Morgan fingerprint density at radius 2 is 2.00 bits per heavy atom. The van der Waals surface area contributed by atoms with Gasteiger partial charge in [-0.05, 0) is 31.8 Å². The molecule has 0 amide bonds. The Morgan fingerprint density at radius 1 is 1.33 bits per heavy atom. The van der Waals surface area contributed by atoms with Crippen molar-refractivity contribution in [2.45, 2.75) is 26.7 Å². The molecule has 1 atom stereocenters. The Hall–Kier alpha value is -0.130. The lowest BCUT2D eigenvalue weighted by Gasteiger charge is -2.19. The first kappa shape index (κ1) is 12.9. The summed E-state index contributed by atoms with van der Waals surface area (Å²) in [5.41, 5.74) is 0. The van der Waals surface area contributed by atoms with Gasteiger partial charge in [0.15, 0.2) is 0 Å². The van der Waals surface area contributed by atoms with Crippen molar-refractivity contribution in [2.75, 3.05) is 31.9 Å². The third-order valence-corrected chi connectivity index (χ3v) is 5.10. The van der Waals surface area contributed by atoms with Crippen molar-refractivity contribution in [2.24, 2.45) is 5.92 Å². The highest BCUT2D eigenvalue weighted by molar-refractivity contribution is 7.89. The summed E-state index contributed by atoms with van der Waals surface area (Å²) in [4.78, 5) is 0. The number of rotatable bonds is 6. The van der Waals surface area contributed by atoms with E-state index in [-0.39, 0.29) is 0 Å². The molecular weight excluding hydrogens is 212 g/mol. The number of hydrogen-bond acceptors (Lipinski definition) is 3. The van der Waals surface area contributed by atoms with Crippen molar-refractivity contribution in [3.8, 4) is 0 Å². The van der Waals surface area contributed by atoms with Crippen LogP contribution >= 0.6 is 0 Å². The SMILES string of the molecule is CCN(CC)S(=O)(=O)CCC1CCNC1. The van der Waals surface area contributed by atoms with Crippen LogP contribution in [0.4, 0.5) is 0 Å². The molecule has 1 heterocycles. The molecule has 1 unspecified atom stereocenters. The lowest BCUT2D eigenvalue weighted by atomic mass is 10.1. The fourth-order valence-corrected chi connectivity index (χ4v) is 3.70. The van der Waals surface area contributed by atoms with Gasteiger partial charge >= 0.3 is 0 Å². The van der Waals surface area contributed by atoms with Crippen LogP contribution < -0.4 is 5.32 Å². The first-order valence-corrected chi connectivity index (χ1v) is 7.39. The Labute approximate surface area is 93.1 Å². The van der Waals surface area contributed by atoms with Crippen LogP contribution in [0.3, 0.4) is 0 Å². The summed E-state index contributed by atoms with van der Waals surface area (Å²) >= 11 is 0. The van der Waals surface area contributed by atoms with Crippen molar-refractivity contribution in [1.29, 1.82) is 0 Å². The van der Waals surface area contributed by atoms with Gasteiger partial charge in [0.25, 0.3) is 0 Å². The van der Waals surface area contributed by atoms with Gasteiger partial charge in [-0.1, -0.05) is 13.8 Å². The van der Waals surface area contributed by atoms with E-state index in [4.69, 9.17) is 0 Å². The number of sulfonamides is 1. The van der Waals surface area contributed by atoms with Crippen LogP contribution in [0.15, 0.2) is 0 Å². The van der Waals surface area contributed by atoms with E-state index in [1.54, 1.807) is 4.31 Å². The van der Waals surface area contributed by atoms with Crippen LogP contribution in [0.25, 0.3) is 0 Å². The normalized spacial score (nSPS) is 22.5. The van der Waals surface area contributed by atoms with Crippen LogP contribution in [-0.4, -0.2) is 44.7 Å². The van der Waals surface area contributed by atoms with Gasteiger partial charge in [-0.2, -0.15) is 0 Å². The number of nitrogens with one attached hydrogen (secondary N) is 1. The van der Waals surface area contributed by atoms with E-state index in [2.05, 4.69) is 5.32 Å². The largest absolute Gasteiger partial charge is 0.316 e. The second-order valence-corrected chi connectivity index (χ2v) is 6.14. The molecule has 1 fully saturated rings. The summed E-state index contributed by atoms with van der Waals surface area (Å²) in [6.45, 7) is 6.96. The maximum atomic E-state index is 11.9. The van der Waals surface area contributed by atoms with Crippen molar-refractivity contribution in [1.82, 2.24) is 9.62 Å². The van der Waals surface area contributed by atoms with Gasteiger partial charge in [-0.25, -0.2) is 12.7 Å². The summed E-state index contributed by atoms with van der Waals surface area (Å²) < 4.78 is 25.3. The third-order valence-electron chi connectivity index (χ3n) is 3.05. The summed E-state index contributed by atoms with van der Waals surface area (Å²) in [5.74, 6) is 0.858. The van der Waals surface area contributed by atoms with Crippen molar-refractivity contribution in [3.63, 3.8) is 0 Å². The molecule has 1 rings (SSSR count). The van der Waals surface area contributed by atoms with Gasteiger partial charge < -0.3 is 5.32 Å². The average molecular weight is 234 g/mol. The van der Waals surface area contributed by atoms with Crippen LogP contribution in [0.1, 0.15) is 26.7 Å². The quantitative estimate of drug-likeness (QED) is 0.734. The highest BCUT2D eigenvalue weighted by Crippen LogP contribution is 2.14. The highest BCUT2D eigenvalue weighted by atomic mass is 32.2. The van der Waals surface area contributed by atoms with E-state index in [1.807, 2.05) is 13.8 Å². The van der Waals surface area contributed by atoms with E-state index in [1.165, 1.54) is 0 Å². The maximum Gasteiger partial charge on any atom is 0.214 e. The van der Waals surface area contributed by atoms with Crippen LogP contribution in [0.5, 0.6) is 0 Å². The molecular formula is C10H22N2O2S. The van der Waals surface area contributed by atoms with Crippen LogP contribution in [0.2, 0.25) is 0 Å². The van der Waals surface area contributed by atoms with E-state index < -0.39 is 10.0 Å². The van der Waals surface area contributed by atoms with E-state index >= 15 is 0 Å². The Kier molecular flexibility index (Phi) is 5.02. The molecule has 1 N–H and O–H groups in total. The van der Waals surface area contributed by atoms with Gasteiger partial charge in [0, 0.05) is 13.1 Å². The molecule has 15 heavy (non-hydrogen) atoms. The molecule has 1 aliphatic heterocycles. The summed E-state index contributed by atoms with van der Waals surface area (Å²) in [6, 6.07) is 0. The minimum Gasteiger partial charge on any atom is -0.316 e. The topological polar surface area (TPSA) is 49.4 Å². The molecule has 0 saturated carbocycles. The smallest absolute Gasteiger partial charge is 0.214 e. The molecule has 90 valence electrons. The number of nitrogens with zero attached hydrogens (tertiary/aromatic N) is 1. The van der Waals surface area contributed by atoms with Crippen LogP contribution in [0, 0.1) is 5.92 Å². The average Bonchev–Trinajstić information content (AvgIpc) is 2.69. The van der Waals surface area contributed by atoms with Gasteiger partial charge in [-0.3, -0.25) is 0 Å². The summed E-state index contributed by atoms with van der Waals surface area (Å²) in [7, 11) is -3.00. The van der Waals surface area contributed by atoms with E-state index in [0.29, 0.717) is 24.8 Å². The lowest BCUT2D eigenvalue weighted by Crippen LogP contribution is -2.33. The minimum absolute atomic E-state index is 0.307. The zero-order valence-electron chi connectivity index (χ0n) is 9.70. The van der Waals surface area contributed by atoms with Gasteiger partial charge in [0.05, 0.1) is 5.75 Å². The minimum atomic E-state index is -3.00. The Bertz CT molecular complexity index is 267. The maximum absolute atomic E-state index is 11.9. The fourth-order valence-electron chi connectivity index (χ4n) is 2.02. The molecule has 0 aliphatic carbocycles. The standard InChI is InChI=1S/C10H22N2O2S/c1-3-12(4-2)15(13,14)8-6-10-5-7-11-9-10/h10-11H,3-9H2,1-2H3. The molecule has 0 bridgehead atoms. The molecule has 0 spiro atoms. The van der Waals surface area contributed by atoms with Crippen LogP contribution in [-0.2, 0) is 10.0 Å². The summed E-state index contributed by atoms with van der Waals surface area (Å²) in [5, 5.41) is 3.26. The first-order valence-electron chi connectivity index (χ1n) is 5.78. The Morgan fingerprint density at radius 3 is 2.47 bits per heavy atom. The lowest BCUT2D eigenvalue weighted by molar-refractivity contribution is 0.438. The molecule has 1 saturated heterocycles. The molecule has 5 heteroatoms. The Balaban J connectivity index is 2.41. The predicted molar refractivity (Wildman–Crippen MR) is 62.3 cm³/mol. The van der Waals surface area contributed by atoms with Gasteiger partial charge in [-0.15, -0.1) is 0 Å². The monoisotopic (exact) mass is 234 g/mol. The second-order valence-electron chi connectivity index (χ2n) is 4.05. The molecule has 0 aromatic carbocycles. The first-order chi connectivity index (χ1) is 7.10. The summed E-state index contributed by atoms with van der Waals surface area (Å²) in [6.07, 6.45) is 1.92. The molecule has 0 aromatic rings. The molecule has 4 nitrogen and oxygen atoms in total. The van der Waals surface area contributed by atoms with E-state index in [9.17, 15) is 8.42 Å². The predicted octanol–water partition coefficient (Wildman–Crippen LogP) is 0.658. The van der Waals surface area contributed by atoms with Crippen molar-refractivity contribution >= 4 is 10.0 Å². The second kappa shape index (κ2) is 5.82. The highest BCUT2D eigenvalue weighted by Gasteiger charge is 2.22.